The van der Waals surface area contributed by atoms with E-state index in [2.05, 4.69) is 5.43 Å². The number of methoxy groups -OCH3 is 2. The van der Waals surface area contributed by atoms with Gasteiger partial charge in [0.25, 0.3) is 0 Å². The molecule has 1 aromatic rings. The summed E-state index contributed by atoms with van der Waals surface area (Å²) in [6.45, 7) is 0.485. The number of rotatable bonds is 4. The number of benzene rings is 1. The molecule has 0 aliphatic rings. The Morgan fingerprint density at radius 3 is 2.57 bits per heavy atom. The van der Waals surface area contributed by atoms with Gasteiger partial charge in [-0.2, -0.15) is 0 Å². The maximum absolute atomic E-state index is 6.07. The molecular weight excluding hydrogens is 204 g/mol. The van der Waals surface area contributed by atoms with Gasteiger partial charge in [-0.3, -0.25) is 11.3 Å². The molecule has 0 saturated heterocycles. The summed E-state index contributed by atoms with van der Waals surface area (Å²) in [4.78, 5) is 0. The summed E-state index contributed by atoms with van der Waals surface area (Å²) in [5.41, 5.74) is 3.40. The fourth-order valence-corrected chi connectivity index (χ4v) is 1.48. The summed E-state index contributed by atoms with van der Waals surface area (Å²) < 4.78 is 10.2. The maximum Gasteiger partial charge on any atom is 0.179 e. The normalized spacial score (nSPS) is 10.0. The van der Waals surface area contributed by atoms with Crippen LogP contribution in [0.2, 0.25) is 5.02 Å². The van der Waals surface area contributed by atoms with Gasteiger partial charge in [-0.1, -0.05) is 17.7 Å². The minimum atomic E-state index is 0.485. The van der Waals surface area contributed by atoms with Crippen LogP contribution in [0.3, 0.4) is 0 Å². The van der Waals surface area contributed by atoms with Crippen molar-refractivity contribution in [3.05, 3.63) is 22.7 Å². The van der Waals surface area contributed by atoms with Crippen molar-refractivity contribution in [2.45, 2.75) is 6.54 Å². The Kier molecular flexibility index (Phi) is 4.00. The first-order chi connectivity index (χ1) is 6.74. The van der Waals surface area contributed by atoms with E-state index in [4.69, 9.17) is 26.9 Å². The van der Waals surface area contributed by atoms with Gasteiger partial charge in [0.2, 0.25) is 0 Å². The summed E-state index contributed by atoms with van der Waals surface area (Å²) in [7, 11) is 3.11. The van der Waals surface area contributed by atoms with Crippen LogP contribution in [0.5, 0.6) is 11.5 Å². The summed E-state index contributed by atoms with van der Waals surface area (Å²) in [6.07, 6.45) is 0. The highest BCUT2D eigenvalue weighted by molar-refractivity contribution is 6.33. The molecule has 0 aliphatic carbocycles. The highest BCUT2D eigenvalue weighted by atomic mass is 35.5. The van der Waals surface area contributed by atoms with Crippen LogP contribution in [-0.2, 0) is 6.54 Å². The number of ether oxygens (including phenoxy) is 2. The molecule has 1 rings (SSSR count). The van der Waals surface area contributed by atoms with E-state index in [-0.39, 0.29) is 0 Å². The molecule has 0 amide bonds. The molecule has 0 aromatic heterocycles. The molecule has 14 heavy (non-hydrogen) atoms. The van der Waals surface area contributed by atoms with Gasteiger partial charge in [0.15, 0.2) is 11.5 Å². The molecule has 0 aliphatic heterocycles. The fraction of sp³-hybridized carbons (Fsp3) is 0.333. The lowest BCUT2D eigenvalue weighted by molar-refractivity contribution is 0.354. The quantitative estimate of drug-likeness (QED) is 0.589. The van der Waals surface area contributed by atoms with Crippen molar-refractivity contribution in [2.24, 2.45) is 5.84 Å². The zero-order valence-corrected chi connectivity index (χ0v) is 8.89. The molecule has 0 heterocycles. The van der Waals surface area contributed by atoms with E-state index in [0.717, 1.165) is 5.56 Å². The minimum absolute atomic E-state index is 0.485. The van der Waals surface area contributed by atoms with E-state index in [1.807, 2.05) is 6.07 Å². The minimum Gasteiger partial charge on any atom is -0.493 e. The molecular formula is C9H13ClN2O2. The second kappa shape index (κ2) is 5.05. The molecule has 0 fully saturated rings. The van der Waals surface area contributed by atoms with E-state index in [1.165, 1.54) is 0 Å². The van der Waals surface area contributed by atoms with Gasteiger partial charge in [0.1, 0.15) is 0 Å². The number of hydrogen-bond donors (Lipinski definition) is 2. The average Bonchev–Trinajstić information content (AvgIpc) is 2.21. The molecule has 78 valence electrons. The largest absolute Gasteiger partial charge is 0.493 e. The van der Waals surface area contributed by atoms with Crippen LogP contribution >= 0.6 is 11.6 Å². The van der Waals surface area contributed by atoms with Crippen LogP contribution in [0, 0.1) is 0 Å². The van der Waals surface area contributed by atoms with Crippen molar-refractivity contribution in [1.29, 1.82) is 0 Å². The van der Waals surface area contributed by atoms with E-state index >= 15 is 0 Å². The predicted octanol–water partition coefficient (Wildman–Crippen LogP) is 1.32. The standard InChI is InChI=1S/C9H13ClN2O2/c1-13-7-4-3-6(5-12-11)8(10)9(7)14-2/h3-4,12H,5,11H2,1-2H3. The lowest BCUT2D eigenvalue weighted by Crippen LogP contribution is -2.21. The molecule has 1 aromatic carbocycles. The molecule has 0 bridgehead atoms. The predicted molar refractivity (Wildman–Crippen MR) is 55.6 cm³/mol. The van der Waals surface area contributed by atoms with Crippen molar-refractivity contribution >= 4 is 11.6 Å². The average molecular weight is 217 g/mol. The summed E-state index contributed by atoms with van der Waals surface area (Å²) in [5, 5.41) is 0.518. The van der Waals surface area contributed by atoms with Crippen molar-refractivity contribution in [3.8, 4) is 11.5 Å². The van der Waals surface area contributed by atoms with Gasteiger partial charge in [-0.15, -0.1) is 0 Å². The molecule has 0 atom stereocenters. The summed E-state index contributed by atoms with van der Waals surface area (Å²) >= 11 is 6.07. The number of nitrogens with two attached hydrogens (primary N) is 1. The van der Waals surface area contributed by atoms with Crippen molar-refractivity contribution < 1.29 is 9.47 Å². The molecule has 4 nitrogen and oxygen atoms in total. The number of halogens is 1. The monoisotopic (exact) mass is 216 g/mol. The third kappa shape index (κ3) is 2.09. The number of hydrogen-bond acceptors (Lipinski definition) is 4. The SMILES string of the molecule is COc1ccc(CNN)c(Cl)c1OC. The van der Waals surface area contributed by atoms with Gasteiger partial charge in [0.05, 0.1) is 19.2 Å². The van der Waals surface area contributed by atoms with Crippen LogP contribution in [0.1, 0.15) is 5.56 Å². The maximum atomic E-state index is 6.07. The van der Waals surface area contributed by atoms with Crippen LogP contribution in [0.4, 0.5) is 0 Å². The third-order valence-electron chi connectivity index (χ3n) is 1.86. The van der Waals surface area contributed by atoms with Gasteiger partial charge < -0.3 is 9.47 Å². The highest BCUT2D eigenvalue weighted by Gasteiger charge is 2.11. The van der Waals surface area contributed by atoms with Crippen molar-refractivity contribution in [1.82, 2.24) is 5.43 Å². The Morgan fingerprint density at radius 1 is 1.36 bits per heavy atom. The molecule has 5 heteroatoms. The van der Waals surface area contributed by atoms with Crippen molar-refractivity contribution in [3.63, 3.8) is 0 Å². The lowest BCUT2D eigenvalue weighted by Gasteiger charge is -2.12. The lowest BCUT2D eigenvalue weighted by atomic mass is 10.2. The highest BCUT2D eigenvalue weighted by Crippen LogP contribution is 2.36. The van der Waals surface area contributed by atoms with Crippen LogP contribution in [0.15, 0.2) is 12.1 Å². The van der Waals surface area contributed by atoms with E-state index in [1.54, 1.807) is 20.3 Å². The van der Waals surface area contributed by atoms with E-state index in [0.29, 0.717) is 23.1 Å². The molecule has 0 saturated carbocycles. The Bertz CT molecular complexity index is 318. The van der Waals surface area contributed by atoms with Crippen LogP contribution in [0.25, 0.3) is 0 Å². The second-order valence-electron chi connectivity index (χ2n) is 2.66. The Labute approximate surface area is 87.9 Å². The molecule has 0 radical (unpaired) electrons. The first-order valence-corrected chi connectivity index (χ1v) is 4.45. The topological polar surface area (TPSA) is 56.5 Å². The van der Waals surface area contributed by atoms with E-state index in [9.17, 15) is 0 Å². The second-order valence-corrected chi connectivity index (χ2v) is 3.03. The third-order valence-corrected chi connectivity index (χ3v) is 2.27. The van der Waals surface area contributed by atoms with Gasteiger partial charge in [-0.25, -0.2) is 0 Å². The Balaban J connectivity index is 3.13. The first-order valence-electron chi connectivity index (χ1n) is 4.07. The van der Waals surface area contributed by atoms with E-state index < -0.39 is 0 Å². The number of nitrogens with one attached hydrogen (secondary N) is 1. The van der Waals surface area contributed by atoms with Crippen molar-refractivity contribution in [2.75, 3.05) is 14.2 Å². The fourth-order valence-electron chi connectivity index (χ4n) is 1.18. The molecule has 3 N–H and O–H groups in total. The zero-order valence-electron chi connectivity index (χ0n) is 8.13. The van der Waals surface area contributed by atoms with Crippen LogP contribution < -0.4 is 20.7 Å². The number of hydrazine groups is 1. The summed E-state index contributed by atoms with van der Waals surface area (Å²) in [5.74, 6) is 6.35. The van der Waals surface area contributed by atoms with Gasteiger partial charge >= 0.3 is 0 Å². The first kappa shape index (κ1) is 11.1. The molecule has 0 unspecified atom stereocenters. The molecule has 0 spiro atoms. The van der Waals surface area contributed by atoms with Gasteiger partial charge in [0, 0.05) is 6.54 Å². The smallest absolute Gasteiger partial charge is 0.179 e. The Hall–Kier alpha value is -0.970. The van der Waals surface area contributed by atoms with Gasteiger partial charge in [-0.05, 0) is 11.6 Å². The zero-order chi connectivity index (χ0) is 10.6. The van der Waals surface area contributed by atoms with Crippen LogP contribution in [-0.4, -0.2) is 14.2 Å². The summed E-state index contributed by atoms with van der Waals surface area (Å²) in [6, 6.07) is 3.63. The Morgan fingerprint density at radius 2 is 2.07 bits per heavy atom.